The first-order valence-corrected chi connectivity index (χ1v) is 10.2. The van der Waals surface area contributed by atoms with Gasteiger partial charge in [-0.25, -0.2) is 0 Å². The van der Waals surface area contributed by atoms with E-state index in [1.807, 2.05) is 19.1 Å². The number of rotatable bonds is 6. The minimum atomic E-state index is -0.731. The molecule has 0 radical (unpaired) electrons. The Morgan fingerprint density at radius 1 is 1.10 bits per heavy atom. The van der Waals surface area contributed by atoms with E-state index in [9.17, 15) is 14.7 Å². The van der Waals surface area contributed by atoms with Crippen molar-refractivity contribution in [1.29, 1.82) is 0 Å². The van der Waals surface area contributed by atoms with Crippen molar-refractivity contribution < 1.29 is 23.8 Å². The number of hydrogen-bond acceptors (Lipinski definition) is 6. The van der Waals surface area contributed by atoms with Crippen LogP contribution in [0.2, 0.25) is 0 Å². The number of aliphatic hydroxyl groups excluding tert-OH is 1. The first-order chi connectivity index (χ1) is 14.6. The Hall–Kier alpha value is -2.90. The summed E-state index contributed by atoms with van der Waals surface area (Å²) in [5, 5.41) is 10.9. The maximum absolute atomic E-state index is 12.9. The molecule has 0 saturated carbocycles. The minimum absolute atomic E-state index is 0.0742. The number of nitrogens with zero attached hydrogens (tertiary/aromatic N) is 2. The van der Waals surface area contributed by atoms with Gasteiger partial charge in [0.05, 0.1) is 25.1 Å². The summed E-state index contributed by atoms with van der Waals surface area (Å²) in [7, 11) is 0. The summed E-state index contributed by atoms with van der Waals surface area (Å²) in [5.74, 6) is -0.993. The second-order valence-corrected chi connectivity index (χ2v) is 7.68. The van der Waals surface area contributed by atoms with Crippen LogP contribution in [0.25, 0.3) is 5.76 Å². The van der Waals surface area contributed by atoms with Crippen LogP contribution in [0.4, 0.5) is 0 Å². The maximum atomic E-state index is 12.9. The highest BCUT2D eigenvalue weighted by atomic mass is 16.5. The number of likely N-dealkylation sites (tertiary alicyclic amines) is 1. The summed E-state index contributed by atoms with van der Waals surface area (Å²) >= 11 is 0. The second-order valence-electron chi connectivity index (χ2n) is 7.68. The summed E-state index contributed by atoms with van der Waals surface area (Å²) < 4.78 is 10.9. The molecule has 3 heterocycles. The fraction of sp³-hybridized carbons (Fsp3) is 0.391. The number of Topliss-reactive ketones (excluding diaryl/α,β-unsaturated/α-hetero) is 1. The van der Waals surface area contributed by atoms with Crippen molar-refractivity contribution in [2.24, 2.45) is 0 Å². The van der Waals surface area contributed by atoms with Crippen molar-refractivity contribution in [2.75, 3.05) is 39.4 Å². The van der Waals surface area contributed by atoms with Crippen LogP contribution in [0.15, 0.2) is 52.7 Å². The van der Waals surface area contributed by atoms with Gasteiger partial charge in [0.15, 0.2) is 0 Å². The number of aryl methyl sites for hydroxylation is 1. The molecular weight excluding hydrogens is 384 g/mol. The molecule has 7 heteroatoms. The number of hydrogen-bond donors (Lipinski definition) is 1. The number of morpholine rings is 1. The lowest BCUT2D eigenvalue weighted by atomic mass is 9.99. The molecule has 4 rings (SSSR count). The standard InChI is InChI=1S/C23H26N2O5/c1-16-5-7-17(8-6-16)21(26)19-20(18-4-2-13-30-18)25(23(28)22(19)27)10-3-9-24-11-14-29-15-12-24/h2,4-8,13,20,26H,3,9-12,14-15H2,1H3. The average molecular weight is 410 g/mol. The van der Waals surface area contributed by atoms with E-state index in [2.05, 4.69) is 4.90 Å². The highest BCUT2D eigenvalue weighted by Gasteiger charge is 2.47. The third-order valence-electron chi connectivity index (χ3n) is 5.65. The highest BCUT2D eigenvalue weighted by Crippen LogP contribution is 2.39. The molecule has 1 atom stereocenters. The molecule has 1 aromatic heterocycles. The number of ether oxygens (including phenoxy) is 1. The molecule has 1 N–H and O–H groups in total. The Bertz CT molecular complexity index is 927. The lowest BCUT2D eigenvalue weighted by Gasteiger charge is -2.28. The number of benzene rings is 1. The molecule has 0 aliphatic carbocycles. The van der Waals surface area contributed by atoms with Crippen molar-refractivity contribution in [2.45, 2.75) is 19.4 Å². The Kier molecular flexibility index (Phi) is 6.01. The van der Waals surface area contributed by atoms with Gasteiger partial charge in [-0.2, -0.15) is 0 Å². The first kappa shape index (κ1) is 20.4. The van der Waals surface area contributed by atoms with Gasteiger partial charge in [0.2, 0.25) is 0 Å². The summed E-state index contributed by atoms with van der Waals surface area (Å²) in [6.45, 7) is 6.33. The van der Waals surface area contributed by atoms with E-state index in [0.29, 0.717) is 31.1 Å². The van der Waals surface area contributed by atoms with Crippen molar-refractivity contribution in [1.82, 2.24) is 9.80 Å². The predicted molar refractivity (Wildman–Crippen MR) is 111 cm³/mol. The normalized spacial score (nSPS) is 22.0. The van der Waals surface area contributed by atoms with Crippen LogP contribution in [0, 0.1) is 6.92 Å². The van der Waals surface area contributed by atoms with Crippen LogP contribution >= 0.6 is 0 Å². The number of aliphatic hydroxyl groups is 1. The van der Waals surface area contributed by atoms with E-state index < -0.39 is 17.7 Å². The SMILES string of the molecule is Cc1ccc(C(O)=C2C(=O)C(=O)N(CCCN3CCOCC3)C2c2ccco2)cc1. The van der Waals surface area contributed by atoms with Crippen LogP contribution in [0.3, 0.4) is 0 Å². The highest BCUT2D eigenvalue weighted by molar-refractivity contribution is 6.46. The smallest absolute Gasteiger partial charge is 0.295 e. The molecule has 2 aliphatic heterocycles. The zero-order chi connectivity index (χ0) is 21.1. The van der Waals surface area contributed by atoms with E-state index in [1.165, 1.54) is 11.2 Å². The fourth-order valence-corrected chi connectivity index (χ4v) is 4.01. The first-order valence-electron chi connectivity index (χ1n) is 10.2. The minimum Gasteiger partial charge on any atom is -0.507 e. The lowest BCUT2D eigenvalue weighted by molar-refractivity contribution is -0.140. The van der Waals surface area contributed by atoms with E-state index in [4.69, 9.17) is 9.15 Å². The maximum Gasteiger partial charge on any atom is 0.295 e. The van der Waals surface area contributed by atoms with Crippen molar-refractivity contribution in [3.63, 3.8) is 0 Å². The van der Waals surface area contributed by atoms with E-state index in [-0.39, 0.29) is 11.3 Å². The molecular formula is C23H26N2O5. The number of carbonyl (C=O) groups excluding carboxylic acids is 2. The van der Waals surface area contributed by atoms with Gasteiger partial charge in [0.1, 0.15) is 17.6 Å². The van der Waals surface area contributed by atoms with E-state index in [0.717, 1.165) is 31.6 Å². The molecule has 158 valence electrons. The molecule has 7 nitrogen and oxygen atoms in total. The number of ketones is 1. The Balaban J connectivity index is 1.61. The molecule has 1 unspecified atom stereocenters. The zero-order valence-corrected chi connectivity index (χ0v) is 17.0. The third-order valence-corrected chi connectivity index (χ3v) is 5.65. The molecule has 1 aromatic carbocycles. The topological polar surface area (TPSA) is 83.2 Å². The van der Waals surface area contributed by atoms with Gasteiger partial charge in [-0.1, -0.05) is 29.8 Å². The number of carbonyl (C=O) groups is 2. The summed E-state index contributed by atoms with van der Waals surface area (Å²) in [6.07, 6.45) is 2.23. The summed E-state index contributed by atoms with van der Waals surface area (Å²) in [6, 6.07) is 9.92. The molecule has 2 aromatic rings. The predicted octanol–water partition coefficient (Wildman–Crippen LogP) is 2.73. The van der Waals surface area contributed by atoms with Crippen molar-refractivity contribution >= 4 is 17.4 Å². The Morgan fingerprint density at radius 3 is 2.50 bits per heavy atom. The van der Waals surface area contributed by atoms with Crippen LogP contribution < -0.4 is 0 Å². The average Bonchev–Trinajstić information content (AvgIpc) is 3.37. The lowest BCUT2D eigenvalue weighted by Crippen LogP contribution is -2.38. The van der Waals surface area contributed by atoms with Crippen LogP contribution in [-0.4, -0.2) is 66.0 Å². The molecule has 0 spiro atoms. The number of furan rings is 1. The van der Waals surface area contributed by atoms with Crippen LogP contribution in [0.1, 0.15) is 29.3 Å². The largest absolute Gasteiger partial charge is 0.507 e. The van der Waals surface area contributed by atoms with Gasteiger partial charge in [0.25, 0.3) is 11.7 Å². The second kappa shape index (κ2) is 8.85. The van der Waals surface area contributed by atoms with Crippen molar-refractivity contribution in [3.8, 4) is 0 Å². The van der Waals surface area contributed by atoms with Gasteiger partial charge in [-0.05, 0) is 25.5 Å². The molecule has 2 saturated heterocycles. The van der Waals surface area contributed by atoms with Gasteiger partial charge in [-0.3, -0.25) is 14.5 Å². The Labute approximate surface area is 175 Å². The fourth-order valence-electron chi connectivity index (χ4n) is 4.01. The van der Waals surface area contributed by atoms with Crippen molar-refractivity contribution in [3.05, 3.63) is 65.1 Å². The summed E-state index contributed by atoms with van der Waals surface area (Å²) in [4.78, 5) is 29.5. The third kappa shape index (κ3) is 4.04. The van der Waals surface area contributed by atoms with Gasteiger partial charge in [0, 0.05) is 31.7 Å². The monoisotopic (exact) mass is 410 g/mol. The molecule has 1 amide bonds. The number of amides is 1. The zero-order valence-electron chi connectivity index (χ0n) is 17.0. The van der Waals surface area contributed by atoms with E-state index in [1.54, 1.807) is 24.3 Å². The molecule has 2 fully saturated rings. The Morgan fingerprint density at radius 2 is 1.83 bits per heavy atom. The molecule has 2 aliphatic rings. The van der Waals surface area contributed by atoms with Gasteiger partial charge >= 0.3 is 0 Å². The molecule has 30 heavy (non-hydrogen) atoms. The molecule has 0 bridgehead atoms. The van der Waals surface area contributed by atoms with Gasteiger partial charge in [-0.15, -0.1) is 0 Å². The van der Waals surface area contributed by atoms with Crippen LogP contribution in [-0.2, 0) is 14.3 Å². The summed E-state index contributed by atoms with van der Waals surface area (Å²) in [5.41, 5.74) is 1.62. The van der Waals surface area contributed by atoms with E-state index >= 15 is 0 Å². The van der Waals surface area contributed by atoms with Crippen LogP contribution in [0.5, 0.6) is 0 Å². The van der Waals surface area contributed by atoms with Gasteiger partial charge < -0.3 is 19.2 Å². The quantitative estimate of drug-likeness (QED) is 0.448.